The number of aliphatic hydroxyl groups is 1. The lowest BCUT2D eigenvalue weighted by atomic mass is 10.00. The van der Waals surface area contributed by atoms with Crippen LogP contribution >= 0.6 is 11.8 Å². The van der Waals surface area contributed by atoms with Crippen molar-refractivity contribution in [2.45, 2.75) is 146 Å². The van der Waals surface area contributed by atoms with Crippen molar-refractivity contribution in [3.05, 3.63) is 35.9 Å². The van der Waals surface area contributed by atoms with E-state index < -0.39 is 127 Å². The third-order valence-electron chi connectivity index (χ3n) is 12.2. The molecule has 0 unspecified atom stereocenters. The third kappa shape index (κ3) is 22.4. The lowest BCUT2D eigenvalue weighted by Gasteiger charge is -2.35. The van der Waals surface area contributed by atoms with Crippen molar-refractivity contribution < 1.29 is 63.3 Å². The quantitative estimate of drug-likeness (QED) is 0.0184. The minimum Gasteiger partial charge on any atom is -0.481 e. The van der Waals surface area contributed by atoms with Gasteiger partial charge in [0.25, 0.3) is 0 Å². The van der Waals surface area contributed by atoms with Gasteiger partial charge >= 0.3 is 11.9 Å². The van der Waals surface area contributed by atoms with Crippen LogP contribution in [0.15, 0.2) is 35.3 Å². The molecule has 0 aliphatic carbocycles. The van der Waals surface area contributed by atoms with Crippen LogP contribution in [-0.4, -0.2) is 190 Å². The third-order valence-corrected chi connectivity index (χ3v) is 12.9. The Morgan fingerprint density at radius 3 is 1.93 bits per heavy atom. The number of aliphatic imine (C=N–C) groups is 1. The lowest BCUT2D eigenvalue weighted by Crippen LogP contribution is -2.60. The molecule has 1 aliphatic heterocycles. The van der Waals surface area contributed by atoms with Gasteiger partial charge in [0.2, 0.25) is 47.3 Å². The predicted octanol–water partition coefficient (Wildman–Crippen LogP) is -3.16. The van der Waals surface area contributed by atoms with Gasteiger partial charge in [-0.15, -0.1) is 0 Å². The number of carboxylic acid groups (broad SMARTS) is 2. The molecule has 0 saturated carbocycles. The minimum atomic E-state index is -1.77. The summed E-state index contributed by atoms with van der Waals surface area (Å²) in [6, 6.07) is -3.30. The van der Waals surface area contributed by atoms with Crippen LogP contribution in [0.5, 0.6) is 0 Å². The van der Waals surface area contributed by atoms with Crippen LogP contribution in [0, 0.1) is 5.92 Å². The van der Waals surface area contributed by atoms with E-state index in [9.17, 15) is 63.3 Å². The molecule has 27 heteroatoms. The molecule has 1 heterocycles. The molecule has 1 fully saturated rings. The van der Waals surface area contributed by atoms with E-state index in [-0.39, 0.29) is 76.5 Å². The summed E-state index contributed by atoms with van der Waals surface area (Å²) in [6.07, 6.45) is 2.44. The second-order valence-electron chi connectivity index (χ2n) is 18.7. The fourth-order valence-electron chi connectivity index (χ4n) is 8.07. The zero-order valence-electron chi connectivity index (χ0n) is 43.5. The molecule has 17 N–H and O–H groups in total. The number of aliphatic hydroxyl groups excluding tert-OH is 1. The number of amides is 8. The number of rotatable bonds is 34. The number of carboxylic acids is 2. The van der Waals surface area contributed by atoms with E-state index in [0.717, 1.165) is 0 Å². The summed E-state index contributed by atoms with van der Waals surface area (Å²) in [4.78, 5) is 141. The van der Waals surface area contributed by atoms with Gasteiger partial charge in [-0.05, 0) is 94.7 Å². The highest BCUT2D eigenvalue weighted by atomic mass is 32.2. The first kappa shape index (κ1) is 64.5. The van der Waals surface area contributed by atoms with Crippen LogP contribution in [0.2, 0.25) is 0 Å². The average Bonchev–Trinajstić information content (AvgIpc) is 3.86. The van der Waals surface area contributed by atoms with Crippen LogP contribution < -0.4 is 54.8 Å². The number of unbranched alkanes of at least 4 members (excludes halogenated alkanes) is 1. The van der Waals surface area contributed by atoms with Crippen molar-refractivity contribution in [1.29, 1.82) is 0 Å². The van der Waals surface area contributed by atoms with Gasteiger partial charge in [0, 0.05) is 26.6 Å². The zero-order valence-corrected chi connectivity index (χ0v) is 44.3. The van der Waals surface area contributed by atoms with E-state index in [4.69, 9.17) is 22.9 Å². The van der Waals surface area contributed by atoms with Crippen LogP contribution in [0.1, 0.15) is 90.5 Å². The lowest BCUT2D eigenvalue weighted by molar-refractivity contribution is -0.149. The molecule has 1 saturated heterocycles. The molecule has 0 spiro atoms. The Labute approximate surface area is 441 Å². The van der Waals surface area contributed by atoms with Gasteiger partial charge in [-0.25, -0.2) is 4.79 Å². The highest BCUT2D eigenvalue weighted by molar-refractivity contribution is 7.98. The topological polar surface area (TPSA) is 426 Å². The van der Waals surface area contributed by atoms with Crippen molar-refractivity contribution in [2.24, 2.45) is 33.8 Å². The number of likely N-dealkylation sites (tertiary alicyclic amines) is 1. The van der Waals surface area contributed by atoms with Crippen LogP contribution in [0.3, 0.4) is 0 Å². The number of carbonyl (C=O) groups excluding carboxylic acids is 8. The standard InChI is InChI=1S/C48H79N13O13S/c1-27(2)23-37(44(70)54-28(3)39(65)57-33(47(73)74)16-11-20-53-48(51)52)60(4)46(72)36-17-12-21-61(36)45(71)32(18-22-75-5)56-43(69)35(25-38(63)64)59-41(67)31(15-9-10-19-49)55-42(68)34(58-40(66)30(50)26-62)24-29-13-7-6-8-14-29/h6-8,13-14,27-28,30-37,62H,9-12,15-26,49-50H2,1-5H3,(H,54,70)(H,55,68)(H,56,69)(H,57,65)(H,58,66)(H,59,67)(H,63,64)(H,73,74)(H4,51,52,53)/t28-,30+,31+,32+,33+,34+,35+,36+,37+/m1/s1. The number of nitrogens with one attached hydrogen (secondary N) is 6. The Morgan fingerprint density at radius 2 is 1.35 bits per heavy atom. The van der Waals surface area contributed by atoms with Gasteiger partial charge in [-0.1, -0.05) is 44.2 Å². The molecule has 75 heavy (non-hydrogen) atoms. The maximum absolute atomic E-state index is 14.5. The zero-order chi connectivity index (χ0) is 56.4. The molecule has 1 aromatic carbocycles. The number of aliphatic carboxylic acids is 2. The van der Waals surface area contributed by atoms with Crippen LogP contribution in [0.25, 0.3) is 0 Å². The maximum atomic E-state index is 14.5. The van der Waals surface area contributed by atoms with Crippen molar-refractivity contribution in [2.75, 3.05) is 45.3 Å². The molecular formula is C48H79N13O13S. The summed E-state index contributed by atoms with van der Waals surface area (Å²) in [5.41, 5.74) is 22.7. The Morgan fingerprint density at radius 1 is 0.760 bits per heavy atom. The number of hydrogen-bond donors (Lipinski definition) is 13. The molecule has 8 amide bonds. The molecule has 0 aromatic heterocycles. The minimum absolute atomic E-state index is 0.00770. The molecule has 1 aliphatic rings. The van der Waals surface area contributed by atoms with Crippen molar-refractivity contribution >= 4 is 76.9 Å². The second-order valence-corrected chi connectivity index (χ2v) is 19.7. The van der Waals surface area contributed by atoms with Crippen molar-refractivity contribution in [3.8, 4) is 0 Å². The number of nitrogens with two attached hydrogens (primary N) is 4. The number of benzene rings is 1. The van der Waals surface area contributed by atoms with E-state index in [1.165, 1.54) is 35.5 Å². The van der Waals surface area contributed by atoms with E-state index >= 15 is 0 Å². The summed E-state index contributed by atoms with van der Waals surface area (Å²) in [5, 5.41) is 44.2. The fraction of sp³-hybridized carbons (Fsp3) is 0.646. The monoisotopic (exact) mass is 1080 g/mol. The molecule has 9 atom stereocenters. The number of hydrogen-bond acceptors (Lipinski definition) is 15. The van der Waals surface area contributed by atoms with E-state index in [0.29, 0.717) is 30.6 Å². The Balaban J connectivity index is 2.35. The average molecular weight is 1080 g/mol. The first-order valence-corrected chi connectivity index (χ1v) is 26.3. The summed E-state index contributed by atoms with van der Waals surface area (Å²) >= 11 is 1.34. The molecule has 2 rings (SSSR count). The molecule has 26 nitrogen and oxygen atoms in total. The molecule has 420 valence electrons. The van der Waals surface area contributed by atoms with Gasteiger partial charge in [0.15, 0.2) is 5.96 Å². The highest BCUT2D eigenvalue weighted by Crippen LogP contribution is 2.24. The maximum Gasteiger partial charge on any atom is 0.326 e. The number of likely N-dealkylation sites (N-methyl/N-ethyl adjacent to an activating group) is 1. The van der Waals surface area contributed by atoms with Gasteiger partial charge in [0.1, 0.15) is 54.4 Å². The number of carbonyl (C=O) groups is 10. The smallest absolute Gasteiger partial charge is 0.326 e. The molecule has 0 bridgehead atoms. The normalized spacial score (nSPS) is 16.3. The summed E-state index contributed by atoms with van der Waals surface area (Å²) in [5.74, 6) is -9.24. The first-order valence-electron chi connectivity index (χ1n) is 24.9. The summed E-state index contributed by atoms with van der Waals surface area (Å²) in [7, 11) is 1.39. The molecule has 1 aromatic rings. The first-order chi connectivity index (χ1) is 35.4. The number of thioether (sulfide) groups is 1. The largest absolute Gasteiger partial charge is 0.481 e. The Kier molecular flexibility index (Phi) is 28.7. The van der Waals surface area contributed by atoms with Gasteiger partial charge in [0.05, 0.1) is 13.0 Å². The van der Waals surface area contributed by atoms with Crippen LogP contribution in [-0.2, 0) is 54.4 Å². The second kappa shape index (κ2) is 33.4. The molecular weight excluding hydrogens is 999 g/mol. The fourth-order valence-corrected chi connectivity index (χ4v) is 8.54. The Bertz CT molecular complexity index is 2120. The van der Waals surface area contributed by atoms with Crippen LogP contribution in [0.4, 0.5) is 0 Å². The predicted molar refractivity (Wildman–Crippen MR) is 279 cm³/mol. The van der Waals surface area contributed by atoms with Crippen molar-refractivity contribution in [1.82, 2.24) is 41.7 Å². The highest BCUT2D eigenvalue weighted by Gasteiger charge is 2.42. The summed E-state index contributed by atoms with van der Waals surface area (Å²) in [6.45, 7) is 4.73. The van der Waals surface area contributed by atoms with Gasteiger partial charge in [-0.3, -0.25) is 48.1 Å². The number of guanidine groups is 1. The summed E-state index contributed by atoms with van der Waals surface area (Å²) < 4.78 is 0. The van der Waals surface area contributed by atoms with E-state index in [1.807, 2.05) is 13.8 Å². The molecule has 0 radical (unpaired) electrons. The van der Waals surface area contributed by atoms with Gasteiger partial charge < -0.3 is 80.0 Å². The van der Waals surface area contributed by atoms with E-state index in [1.54, 1.807) is 36.6 Å². The van der Waals surface area contributed by atoms with Gasteiger partial charge in [-0.2, -0.15) is 11.8 Å². The van der Waals surface area contributed by atoms with E-state index in [2.05, 4.69) is 36.9 Å². The van der Waals surface area contributed by atoms with Crippen molar-refractivity contribution in [3.63, 3.8) is 0 Å². The SMILES string of the molecule is CSCC[C@H](NC(=O)[C@H](CC(=O)O)NC(=O)[C@H](CCCCN)NC(=O)[C@H](Cc1ccccc1)NC(=O)[C@@H](N)CO)C(=O)N1CCC[C@H]1C(=O)N(C)[C@@H](CC(C)C)C(=O)N[C@H](C)C(=O)N[C@@H](CCCN=C(N)N)C(=O)O. The Hall–Kier alpha value is -6.58. The number of nitrogens with zero attached hydrogens (tertiary/aromatic N) is 3.